The third-order valence-electron chi connectivity index (χ3n) is 3.72. The summed E-state index contributed by atoms with van der Waals surface area (Å²) in [7, 11) is 0. The van der Waals surface area contributed by atoms with Crippen LogP contribution >= 0.6 is 15.9 Å². The van der Waals surface area contributed by atoms with Crippen LogP contribution in [0.3, 0.4) is 0 Å². The maximum atomic E-state index is 11.3. The Morgan fingerprint density at radius 1 is 1.44 bits per heavy atom. The molecule has 3 nitrogen and oxygen atoms in total. The van der Waals surface area contributed by atoms with Gasteiger partial charge >= 0.3 is 5.97 Å². The van der Waals surface area contributed by atoms with E-state index in [9.17, 15) is 9.90 Å². The lowest BCUT2D eigenvalue weighted by molar-refractivity contribution is -0.141. The van der Waals surface area contributed by atoms with E-state index in [-0.39, 0.29) is 11.8 Å². The van der Waals surface area contributed by atoms with Crippen molar-refractivity contribution in [2.75, 3.05) is 11.4 Å². The lowest BCUT2D eigenvalue weighted by atomic mass is 9.89. The first-order valence-corrected chi connectivity index (χ1v) is 7.00. The molecule has 0 aliphatic carbocycles. The summed E-state index contributed by atoms with van der Waals surface area (Å²) in [4.78, 5) is 13.5. The number of carbonyl (C=O) groups is 1. The van der Waals surface area contributed by atoms with Gasteiger partial charge in [0.05, 0.1) is 5.92 Å². The van der Waals surface area contributed by atoms with Gasteiger partial charge in [-0.15, -0.1) is 0 Å². The van der Waals surface area contributed by atoms with E-state index < -0.39 is 5.97 Å². The normalized spacial score (nSPS) is 20.1. The molecule has 1 heterocycles. The largest absolute Gasteiger partial charge is 0.481 e. The fourth-order valence-electron chi connectivity index (χ4n) is 2.61. The van der Waals surface area contributed by atoms with Gasteiger partial charge in [0.25, 0.3) is 0 Å². The van der Waals surface area contributed by atoms with Crippen molar-refractivity contribution in [2.24, 2.45) is 5.92 Å². The van der Waals surface area contributed by atoms with Crippen LogP contribution in [0.5, 0.6) is 0 Å². The lowest BCUT2D eigenvalue weighted by Crippen LogP contribution is -2.31. The highest BCUT2D eigenvalue weighted by Gasteiger charge is 2.37. The van der Waals surface area contributed by atoms with Crippen LogP contribution in [0.25, 0.3) is 0 Å². The summed E-state index contributed by atoms with van der Waals surface area (Å²) in [6.45, 7) is 6.85. The monoisotopic (exact) mass is 311 g/mol. The second kappa shape index (κ2) is 4.92. The van der Waals surface area contributed by atoms with Crippen LogP contribution in [0.15, 0.2) is 22.7 Å². The van der Waals surface area contributed by atoms with Gasteiger partial charge in [-0.3, -0.25) is 4.79 Å². The van der Waals surface area contributed by atoms with Crippen molar-refractivity contribution in [1.82, 2.24) is 0 Å². The van der Waals surface area contributed by atoms with Crippen LogP contribution in [0, 0.1) is 5.92 Å². The molecular weight excluding hydrogens is 294 g/mol. The molecule has 1 aromatic rings. The van der Waals surface area contributed by atoms with Crippen molar-refractivity contribution in [2.45, 2.75) is 32.7 Å². The van der Waals surface area contributed by atoms with Crippen molar-refractivity contribution >= 4 is 27.6 Å². The van der Waals surface area contributed by atoms with Crippen LogP contribution < -0.4 is 4.90 Å². The number of carboxylic acids is 1. The molecule has 0 bridgehead atoms. The van der Waals surface area contributed by atoms with Crippen molar-refractivity contribution in [3.05, 3.63) is 28.2 Å². The average molecular weight is 312 g/mol. The second-order valence-electron chi connectivity index (χ2n) is 5.15. The molecule has 0 amide bonds. The molecule has 0 saturated heterocycles. The number of hydrogen-bond acceptors (Lipinski definition) is 2. The fourth-order valence-corrected chi connectivity index (χ4v) is 3.26. The van der Waals surface area contributed by atoms with E-state index in [1.54, 1.807) is 6.92 Å². The lowest BCUT2D eigenvalue weighted by Gasteiger charge is -2.25. The Morgan fingerprint density at radius 3 is 2.67 bits per heavy atom. The third kappa shape index (κ3) is 2.14. The summed E-state index contributed by atoms with van der Waals surface area (Å²) in [5.41, 5.74) is 2.30. The first kappa shape index (κ1) is 13.4. The molecule has 0 spiro atoms. The number of carboxylic acid groups (broad SMARTS) is 1. The molecule has 4 heteroatoms. The number of nitrogens with zero attached hydrogens (tertiary/aromatic N) is 1. The van der Waals surface area contributed by atoms with Crippen molar-refractivity contribution in [1.29, 1.82) is 0 Å². The van der Waals surface area contributed by atoms with E-state index in [0.717, 1.165) is 22.3 Å². The zero-order chi connectivity index (χ0) is 13.4. The maximum Gasteiger partial charge on any atom is 0.306 e. The van der Waals surface area contributed by atoms with Gasteiger partial charge in [0.2, 0.25) is 0 Å². The van der Waals surface area contributed by atoms with Gasteiger partial charge in [0, 0.05) is 28.7 Å². The first-order chi connectivity index (χ1) is 8.43. The Kier molecular flexibility index (Phi) is 3.66. The van der Waals surface area contributed by atoms with Crippen molar-refractivity contribution in [3.63, 3.8) is 0 Å². The van der Waals surface area contributed by atoms with E-state index in [2.05, 4.69) is 40.7 Å². The van der Waals surface area contributed by atoms with Gasteiger partial charge in [0.1, 0.15) is 0 Å². The minimum atomic E-state index is -0.729. The van der Waals surface area contributed by atoms with E-state index in [1.165, 1.54) is 0 Å². The molecule has 1 aliphatic heterocycles. The van der Waals surface area contributed by atoms with Crippen LogP contribution in [0.1, 0.15) is 32.3 Å². The number of benzene rings is 1. The molecule has 1 aromatic carbocycles. The average Bonchev–Trinajstić information content (AvgIpc) is 2.68. The Bertz CT molecular complexity index is 473. The quantitative estimate of drug-likeness (QED) is 0.929. The molecule has 0 radical (unpaired) electrons. The maximum absolute atomic E-state index is 11.3. The second-order valence-corrected chi connectivity index (χ2v) is 6.01. The van der Waals surface area contributed by atoms with Gasteiger partial charge in [0.15, 0.2) is 0 Å². The van der Waals surface area contributed by atoms with E-state index >= 15 is 0 Å². The highest BCUT2D eigenvalue weighted by atomic mass is 79.9. The summed E-state index contributed by atoms with van der Waals surface area (Å²) < 4.78 is 1.02. The molecule has 2 atom stereocenters. The summed E-state index contributed by atoms with van der Waals surface area (Å²) in [5, 5.41) is 9.25. The van der Waals surface area contributed by atoms with Gasteiger partial charge in [-0.2, -0.15) is 0 Å². The summed E-state index contributed by atoms with van der Waals surface area (Å²) >= 11 is 3.56. The van der Waals surface area contributed by atoms with Gasteiger partial charge in [-0.25, -0.2) is 0 Å². The molecule has 0 saturated carbocycles. The molecular formula is C14H18BrNO2. The van der Waals surface area contributed by atoms with E-state index in [1.807, 2.05) is 12.1 Å². The minimum absolute atomic E-state index is 0.0514. The number of hydrogen-bond donors (Lipinski definition) is 1. The van der Waals surface area contributed by atoms with Gasteiger partial charge in [-0.05, 0) is 31.5 Å². The topological polar surface area (TPSA) is 40.5 Å². The first-order valence-electron chi connectivity index (χ1n) is 6.21. The SMILES string of the molecule is CC(C(=O)O)C1CN(C(C)C)c2cccc(Br)c21. The molecule has 0 aromatic heterocycles. The fraction of sp³-hybridized carbons (Fsp3) is 0.500. The molecule has 1 N–H and O–H groups in total. The Labute approximate surface area is 116 Å². The van der Waals surface area contributed by atoms with Crippen LogP contribution in [0.4, 0.5) is 5.69 Å². The summed E-state index contributed by atoms with van der Waals surface area (Å²) in [5.74, 6) is -1.05. The third-order valence-corrected chi connectivity index (χ3v) is 4.41. The Morgan fingerprint density at radius 2 is 2.11 bits per heavy atom. The Hall–Kier alpha value is -1.03. The zero-order valence-electron chi connectivity index (χ0n) is 10.9. The number of halogens is 1. The van der Waals surface area contributed by atoms with Crippen molar-refractivity contribution in [3.8, 4) is 0 Å². The van der Waals surface area contributed by atoms with Crippen LogP contribution in [-0.2, 0) is 4.79 Å². The minimum Gasteiger partial charge on any atom is -0.481 e. The van der Waals surface area contributed by atoms with Gasteiger partial charge in [-0.1, -0.05) is 28.9 Å². The molecule has 18 heavy (non-hydrogen) atoms. The van der Waals surface area contributed by atoms with Crippen LogP contribution in [-0.4, -0.2) is 23.7 Å². The molecule has 98 valence electrons. The predicted molar refractivity (Wildman–Crippen MR) is 76.2 cm³/mol. The predicted octanol–water partition coefficient (Wildman–Crippen LogP) is 3.48. The van der Waals surface area contributed by atoms with Crippen LogP contribution in [0.2, 0.25) is 0 Å². The van der Waals surface area contributed by atoms with Crippen molar-refractivity contribution < 1.29 is 9.90 Å². The summed E-state index contributed by atoms with van der Waals surface area (Å²) in [6, 6.07) is 6.45. The number of fused-ring (bicyclic) bond motifs is 1. The number of aliphatic carboxylic acids is 1. The number of anilines is 1. The molecule has 2 rings (SSSR count). The molecule has 0 fully saturated rings. The Balaban J connectivity index is 2.47. The smallest absolute Gasteiger partial charge is 0.306 e. The van der Waals surface area contributed by atoms with Gasteiger partial charge < -0.3 is 10.0 Å². The standard InChI is InChI=1S/C14H18BrNO2/c1-8(2)16-7-10(9(3)14(17)18)13-11(15)5-4-6-12(13)16/h4-6,8-10H,7H2,1-3H3,(H,17,18). The highest BCUT2D eigenvalue weighted by Crippen LogP contribution is 2.44. The highest BCUT2D eigenvalue weighted by molar-refractivity contribution is 9.10. The zero-order valence-corrected chi connectivity index (χ0v) is 12.4. The number of rotatable bonds is 3. The summed E-state index contributed by atoms with van der Waals surface area (Å²) in [6.07, 6.45) is 0. The van der Waals surface area contributed by atoms with E-state index in [4.69, 9.17) is 0 Å². The molecule has 1 aliphatic rings. The van der Waals surface area contributed by atoms with E-state index in [0.29, 0.717) is 6.04 Å². The molecule has 2 unspecified atom stereocenters.